The van der Waals surface area contributed by atoms with Crippen LogP contribution in [0.5, 0.6) is 11.5 Å². The Balaban J connectivity index is 3.11. The monoisotopic (exact) mass is 295 g/mol. The van der Waals surface area contributed by atoms with E-state index in [2.05, 4.69) is 0 Å². The second-order valence-electron chi connectivity index (χ2n) is 5.03. The maximum Gasteiger partial charge on any atom is 0.329 e. The van der Waals surface area contributed by atoms with E-state index in [-0.39, 0.29) is 0 Å². The lowest BCUT2D eigenvalue weighted by Gasteiger charge is -2.31. The van der Waals surface area contributed by atoms with Gasteiger partial charge in [0.1, 0.15) is 5.54 Å². The maximum atomic E-state index is 12.4. The summed E-state index contributed by atoms with van der Waals surface area (Å²) in [7, 11) is 2.94. The number of carboxylic acids is 1. The van der Waals surface area contributed by atoms with Gasteiger partial charge in [-0.25, -0.2) is 4.79 Å². The summed E-state index contributed by atoms with van der Waals surface area (Å²) in [6.45, 7) is 5.27. The Hall–Kier alpha value is -2.24. The lowest BCUT2D eigenvalue weighted by molar-refractivity contribution is -0.147. The number of carbonyl (C=O) groups excluding carboxylic acids is 1. The van der Waals surface area contributed by atoms with E-state index in [9.17, 15) is 14.7 Å². The molecule has 1 aromatic rings. The Bertz CT molecular complexity index is 539. The normalized spacial score (nSPS) is 10.9. The molecule has 0 unspecified atom stereocenters. The van der Waals surface area contributed by atoms with E-state index in [4.69, 9.17) is 9.47 Å². The lowest BCUT2D eigenvalue weighted by Crippen LogP contribution is -2.50. The number of aliphatic carboxylic acids is 1. The van der Waals surface area contributed by atoms with Crippen LogP contribution in [0.25, 0.3) is 0 Å². The number of nitrogens with zero attached hydrogens (tertiary/aromatic N) is 1. The zero-order valence-corrected chi connectivity index (χ0v) is 13.0. The summed E-state index contributed by atoms with van der Waals surface area (Å²) in [5, 5.41) is 9.18. The quantitative estimate of drug-likeness (QED) is 0.869. The predicted molar refractivity (Wildman–Crippen MR) is 78.0 cm³/mol. The highest BCUT2D eigenvalue weighted by molar-refractivity contribution is 5.98. The van der Waals surface area contributed by atoms with Gasteiger partial charge in [-0.15, -0.1) is 0 Å². The molecular formula is C15H21NO5. The summed E-state index contributed by atoms with van der Waals surface area (Å²) in [5.74, 6) is -0.499. The van der Waals surface area contributed by atoms with Gasteiger partial charge >= 0.3 is 5.97 Å². The van der Waals surface area contributed by atoms with E-state index >= 15 is 0 Å². The van der Waals surface area contributed by atoms with Crippen molar-refractivity contribution in [3.63, 3.8) is 0 Å². The topological polar surface area (TPSA) is 76.1 Å². The molecule has 0 spiro atoms. The molecule has 21 heavy (non-hydrogen) atoms. The zero-order chi connectivity index (χ0) is 16.2. The number of ether oxygens (including phenoxy) is 2. The molecule has 0 heterocycles. The van der Waals surface area contributed by atoms with E-state index in [1.807, 2.05) is 6.92 Å². The van der Waals surface area contributed by atoms with Crippen molar-refractivity contribution in [2.24, 2.45) is 0 Å². The Morgan fingerprint density at radius 2 is 1.90 bits per heavy atom. The molecule has 0 saturated heterocycles. The summed E-state index contributed by atoms with van der Waals surface area (Å²) in [6.07, 6.45) is 0. The molecule has 116 valence electrons. The highest BCUT2D eigenvalue weighted by Gasteiger charge is 2.35. The SMILES string of the molecule is CCOc1ccc(C(=O)N(C)C(C)(C)C(=O)O)cc1OC. The van der Waals surface area contributed by atoms with Crippen LogP contribution in [0.2, 0.25) is 0 Å². The molecule has 0 radical (unpaired) electrons. The number of rotatable bonds is 6. The molecule has 1 N–H and O–H groups in total. The number of benzene rings is 1. The second kappa shape index (κ2) is 6.47. The molecule has 6 heteroatoms. The van der Waals surface area contributed by atoms with Gasteiger partial charge in [-0.05, 0) is 39.0 Å². The minimum absolute atomic E-state index is 0.340. The molecule has 0 fully saturated rings. The number of likely N-dealkylation sites (N-methyl/N-ethyl adjacent to an activating group) is 1. The Morgan fingerprint density at radius 1 is 1.29 bits per heavy atom. The molecule has 0 aliphatic rings. The average molecular weight is 295 g/mol. The van der Waals surface area contributed by atoms with Crippen LogP contribution in [0.4, 0.5) is 0 Å². The molecule has 6 nitrogen and oxygen atoms in total. The van der Waals surface area contributed by atoms with Crippen molar-refractivity contribution in [3.8, 4) is 11.5 Å². The van der Waals surface area contributed by atoms with E-state index in [0.29, 0.717) is 23.7 Å². The molecule has 0 aliphatic heterocycles. The fraction of sp³-hybridized carbons (Fsp3) is 0.467. The smallest absolute Gasteiger partial charge is 0.329 e. The van der Waals surface area contributed by atoms with E-state index < -0.39 is 17.4 Å². The van der Waals surface area contributed by atoms with Gasteiger partial charge in [0.2, 0.25) is 0 Å². The fourth-order valence-electron chi connectivity index (χ4n) is 1.67. The van der Waals surface area contributed by atoms with Crippen molar-refractivity contribution in [3.05, 3.63) is 23.8 Å². The van der Waals surface area contributed by atoms with Gasteiger partial charge in [-0.3, -0.25) is 4.79 Å². The predicted octanol–water partition coefficient (Wildman–Crippen LogP) is 2.03. The van der Waals surface area contributed by atoms with E-state index in [1.165, 1.54) is 32.9 Å². The Kier molecular flexibility index (Phi) is 5.18. The first-order valence-corrected chi connectivity index (χ1v) is 6.58. The van der Waals surface area contributed by atoms with E-state index in [1.54, 1.807) is 18.2 Å². The van der Waals surface area contributed by atoms with Gasteiger partial charge in [0.25, 0.3) is 5.91 Å². The van der Waals surface area contributed by atoms with Crippen LogP contribution in [0.15, 0.2) is 18.2 Å². The second-order valence-corrected chi connectivity index (χ2v) is 5.03. The van der Waals surface area contributed by atoms with Crippen LogP contribution >= 0.6 is 0 Å². The first-order valence-electron chi connectivity index (χ1n) is 6.58. The Labute approximate surface area is 124 Å². The number of carboxylic acid groups (broad SMARTS) is 1. The number of carbonyl (C=O) groups is 2. The highest BCUT2D eigenvalue weighted by Crippen LogP contribution is 2.29. The van der Waals surface area contributed by atoms with Crippen LogP contribution in [0, 0.1) is 0 Å². The summed E-state index contributed by atoms with van der Waals surface area (Å²) < 4.78 is 10.6. The fourth-order valence-corrected chi connectivity index (χ4v) is 1.67. The van der Waals surface area contributed by atoms with E-state index in [0.717, 1.165) is 0 Å². The minimum Gasteiger partial charge on any atom is -0.493 e. The van der Waals surface area contributed by atoms with Gasteiger partial charge in [0, 0.05) is 12.6 Å². The maximum absolute atomic E-state index is 12.4. The van der Waals surface area contributed by atoms with Gasteiger partial charge < -0.3 is 19.5 Å². The minimum atomic E-state index is -1.30. The summed E-state index contributed by atoms with van der Waals surface area (Å²) >= 11 is 0. The Morgan fingerprint density at radius 3 is 2.38 bits per heavy atom. The van der Waals surface area contributed by atoms with Crippen LogP contribution in [-0.4, -0.2) is 48.2 Å². The number of methoxy groups -OCH3 is 1. The summed E-state index contributed by atoms with van der Waals surface area (Å²) in [6, 6.07) is 4.77. The molecule has 1 rings (SSSR count). The molecule has 0 aromatic heterocycles. The van der Waals surface area contributed by atoms with Gasteiger partial charge in [-0.2, -0.15) is 0 Å². The van der Waals surface area contributed by atoms with Gasteiger partial charge in [-0.1, -0.05) is 0 Å². The largest absolute Gasteiger partial charge is 0.493 e. The number of hydrogen-bond acceptors (Lipinski definition) is 4. The molecule has 0 aliphatic carbocycles. The number of amides is 1. The summed E-state index contributed by atoms with van der Waals surface area (Å²) in [4.78, 5) is 24.8. The summed E-state index contributed by atoms with van der Waals surface area (Å²) in [5.41, 5.74) is -0.963. The average Bonchev–Trinajstić information content (AvgIpc) is 2.46. The van der Waals surface area contributed by atoms with Crippen LogP contribution in [0.3, 0.4) is 0 Å². The molecule has 0 atom stereocenters. The standard InChI is InChI=1S/C15H21NO5/c1-6-21-11-8-7-10(9-12(11)20-5)13(17)16(4)15(2,3)14(18)19/h7-9H,6H2,1-5H3,(H,18,19). The first-order chi connectivity index (χ1) is 9.75. The van der Waals surface area contributed by atoms with Crippen LogP contribution in [0.1, 0.15) is 31.1 Å². The zero-order valence-electron chi connectivity index (χ0n) is 13.0. The van der Waals surface area contributed by atoms with Gasteiger partial charge in [0.15, 0.2) is 11.5 Å². The van der Waals surface area contributed by atoms with Crippen molar-refractivity contribution < 1.29 is 24.2 Å². The van der Waals surface area contributed by atoms with Crippen molar-refractivity contribution in [1.82, 2.24) is 4.90 Å². The molecule has 1 amide bonds. The molecular weight excluding hydrogens is 274 g/mol. The van der Waals surface area contributed by atoms with Crippen molar-refractivity contribution in [2.45, 2.75) is 26.3 Å². The third-order valence-electron chi connectivity index (χ3n) is 3.38. The first kappa shape index (κ1) is 16.8. The number of hydrogen-bond donors (Lipinski definition) is 1. The molecule has 0 saturated carbocycles. The van der Waals surface area contributed by atoms with Crippen molar-refractivity contribution in [1.29, 1.82) is 0 Å². The van der Waals surface area contributed by atoms with Gasteiger partial charge in [0.05, 0.1) is 13.7 Å². The molecule has 0 bridgehead atoms. The van der Waals surface area contributed by atoms with Crippen LogP contribution < -0.4 is 9.47 Å². The van der Waals surface area contributed by atoms with Crippen molar-refractivity contribution >= 4 is 11.9 Å². The molecule has 1 aromatic carbocycles. The lowest BCUT2D eigenvalue weighted by atomic mass is 10.0. The highest BCUT2D eigenvalue weighted by atomic mass is 16.5. The third-order valence-corrected chi connectivity index (χ3v) is 3.38. The van der Waals surface area contributed by atoms with Crippen LogP contribution in [-0.2, 0) is 4.79 Å². The third kappa shape index (κ3) is 3.45. The van der Waals surface area contributed by atoms with Crippen molar-refractivity contribution in [2.75, 3.05) is 20.8 Å².